The molecule has 0 aliphatic carbocycles. The molecule has 0 radical (unpaired) electrons. The number of benzene rings is 1. The van der Waals surface area contributed by atoms with Crippen LogP contribution in [0.3, 0.4) is 0 Å². The number of amides is 2. The molecular formula is C20H21ClN2O5. The second-order valence-corrected chi connectivity index (χ2v) is 7.14. The van der Waals surface area contributed by atoms with Gasteiger partial charge in [0.05, 0.1) is 24.8 Å². The molecule has 0 saturated carbocycles. The van der Waals surface area contributed by atoms with Crippen LogP contribution in [0.5, 0.6) is 0 Å². The fraction of sp³-hybridized carbons (Fsp3) is 0.350. The first-order valence-electron chi connectivity index (χ1n) is 8.94. The van der Waals surface area contributed by atoms with Gasteiger partial charge in [-0.25, -0.2) is 0 Å². The Hall–Kier alpha value is -2.80. The summed E-state index contributed by atoms with van der Waals surface area (Å²) in [6.45, 7) is 1.98. The van der Waals surface area contributed by atoms with Gasteiger partial charge in [-0.05, 0) is 36.8 Å². The molecule has 2 amide bonds. The average molecular weight is 405 g/mol. The van der Waals surface area contributed by atoms with Gasteiger partial charge in [0.25, 0.3) is 5.91 Å². The fourth-order valence-corrected chi connectivity index (χ4v) is 3.27. The van der Waals surface area contributed by atoms with Gasteiger partial charge in [-0.1, -0.05) is 23.7 Å². The lowest BCUT2D eigenvalue weighted by Gasteiger charge is -2.16. The Balaban J connectivity index is 1.44. The lowest BCUT2D eigenvalue weighted by molar-refractivity contribution is -0.152. The third-order valence-electron chi connectivity index (χ3n) is 4.55. The first kappa shape index (κ1) is 19.9. The van der Waals surface area contributed by atoms with Crippen molar-refractivity contribution in [3.8, 4) is 0 Å². The summed E-state index contributed by atoms with van der Waals surface area (Å²) in [5.41, 5.74) is 0.849. The topological polar surface area (TPSA) is 88.8 Å². The van der Waals surface area contributed by atoms with Crippen molar-refractivity contribution in [1.29, 1.82) is 0 Å². The molecule has 2 aromatic rings. The van der Waals surface area contributed by atoms with E-state index in [2.05, 4.69) is 5.32 Å². The van der Waals surface area contributed by atoms with Crippen molar-refractivity contribution in [3.63, 3.8) is 0 Å². The smallest absolute Gasteiger partial charge is 0.311 e. The van der Waals surface area contributed by atoms with Gasteiger partial charge in [-0.15, -0.1) is 0 Å². The van der Waals surface area contributed by atoms with Crippen molar-refractivity contribution in [2.24, 2.45) is 5.92 Å². The Labute approximate surface area is 167 Å². The number of ether oxygens (including phenoxy) is 1. The van der Waals surface area contributed by atoms with Crippen molar-refractivity contribution in [1.82, 2.24) is 10.2 Å². The van der Waals surface area contributed by atoms with Crippen molar-refractivity contribution in [3.05, 3.63) is 59.0 Å². The molecule has 1 N–H and O–H groups in total. The molecule has 2 heterocycles. The predicted octanol–water partition coefficient (Wildman–Crippen LogP) is 2.70. The van der Waals surface area contributed by atoms with Gasteiger partial charge in [-0.3, -0.25) is 14.4 Å². The van der Waals surface area contributed by atoms with Gasteiger partial charge in [0, 0.05) is 18.0 Å². The number of esters is 1. The summed E-state index contributed by atoms with van der Waals surface area (Å²) in [6, 6.07) is 10.4. The minimum atomic E-state index is -0.583. The van der Waals surface area contributed by atoms with Crippen LogP contribution in [0.15, 0.2) is 47.1 Å². The van der Waals surface area contributed by atoms with E-state index < -0.39 is 24.4 Å². The second-order valence-electron chi connectivity index (χ2n) is 6.71. The quantitative estimate of drug-likeness (QED) is 0.717. The average Bonchev–Trinajstić information content (AvgIpc) is 3.30. The minimum Gasteiger partial charge on any atom is -0.467 e. The van der Waals surface area contributed by atoms with Gasteiger partial charge in [-0.2, -0.15) is 0 Å². The van der Waals surface area contributed by atoms with Crippen LogP contribution >= 0.6 is 11.6 Å². The fourth-order valence-electron chi connectivity index (χ4n) is 3.07. The number of nitrogens with one attached hydrogen (secondary N) is 1. The molecule has 1 aliphatic heterocycles. The summed E-state index contributed by atoms with van der Waals surface area (Å²) in [4.78, 5) is 37.9. The molecule has 0 bridgehead atoms. The summed E-state index contributed by atoms with van der Waals surface area (Å²) >= 11 is 5.95. The first-order chi connectivity index (χ1) is 13.4. The van der Waals surface area contributed by atoms with Crippen LogP contribution in [0.25, 0.3) is 0 Å². The monoisotopic (exact) mass is 404 g/mol. The molecule has 3 rings (SSSR count). The van der Waals surface area contributed by atoms with Crippen LogP contribution in [-0.2, 0) is 25.7 Å². The molecule has 1 fully saturated rings. The van der Waals surface area contributed by atoms with Gasteiger partial charge in [0.1, 0.15) is 5.76 Å². The molecule has 8 heteroatoms. The van der Waals surface area contributed by atoms with E-state index in [9.17, 15) is 14.4 Å². The van der Waals surface area contributed by atoms with Crippen LogP contribution in [0, 0.1) is 5.92 Å². The van der Waals surface area contributed by atoms with E-state index in [-0.39, 0.29) is 24.9 Å². The van der Waals surface area contributed by atoms with Gasteiger partial charge in [0.15, 0.2) is 6.61 Å². The Morgan fingerprint density at radius 3 is 2.89 bits per heavy atom. The number of hydrogen-bond donors (Lipinski definition) is 1. The zero-order valence-electron chi connectivity index (χ0n) is 15.4. The highest BCUT2D eigenvalue weighted by Gasteiger charge is 2.35. The maximum absolute atomic E-state index is 12.2. The lowest BCUT2D eigenvalue weighted by atomic mass is 10.1. The van der Waals surface area contributed by atoms with Crippen molar-refractivity contribution in [2.45, 2.75) is 25.9 Å². The van der Waals surface area contributed by atoms with Crippen LogP contribution in [0.1, 0.15) is 30.7 Å². The van der Waals surface area contributed by atoms with Crippen LogP contribution in [0.4, 0.5) is 0 Å². The van der Waals surface area contributed by atoms with E-state index in [1.807, 2.05) is 13.0 Å². The third-order valence-corrected chi connectivity index (χ3v) is 4.78. The highest BCUT2D eigenvalue weighted by molar-refractivity contribution is 6.30. The number of rotatable bonds is 7. The first-order valence-corrected chi connectivity index (χ1v) is 9.32. The van der Waals surface area contributed by atoms with E-state index in [1.54, 1.807) is 35.2 Å². The molecule has 0 unspecified atom stereocenters. The maximum Gasteiger partial charge on any atom is 0.311 e. The molecule has 1 aliphatic rings. The molecule has 1 saturated heterocycles. The normalized spacial score (nSPS) is 17.4. The van der Waals surface area contributed by atoms with E-state index in [4.69, 9.17) is 20.8 Å². The molecule has 148 valence electrons. The number of halogens is 1. The Kier molecular flexibility index (Phi) is 6.36. The number of carbonyl (C=O) groups is 3. The molecule has 28 heavy (non-hydrogen) atoms. The molecular weight excluding hydrogens is 384 g/mol. The van der Waals surface area contributed by atoms with Crippen LogP contribution in [0.2, 0.25) is 5.02 Å². The standard InChI is InChI=1S/C20H21ClN2O5/c1-13(14-4-2-5-16(21)8-14)22-18(24)12-28-20(26)15-9-19(25)23(10-15)11-17-6-3-7-27-17/h2-8,13,15H,9-12H2,1H3,(H,22,24)/t13-,15+/m0/s1. The number of likely N-dealkylation sites (tertiary alicyclic amines) is 1. The molecule has 0 spiro atoms. The summed E-state index contributed by atoms with van der Waals surface area (Å²) in [7, 11) is 0. The van der Waals surface area contributed by atoms with E-state index in [0.717, 1.165) is 5.56 Å². The van der Waals surface area contributed by atoms with Gasteiger partial charge >= 0.3 is 5.97 Å². The number of carbonyl (C=O) groups excluding carboxylic acids is 3. The van der Waals surface area contributed by atoms with E-state index in [1.165, 1.54) is 6.26 Å². The Morgan fingerprint density at radius 2 is 2.18 bits per heavy atom. The van der Waals surface area contributed by atoms with Crippen molar-refractivity contribution in [2.75, 3.05) is 13.2 Å². The SMILES string of the molecule is C[C@H](NC(=O)COC(=O)[C@@H]1CC(=O)N(Cc2ccco2)C1)c1cccc(Cl)c1. The summed E-state index contributed by atoms with van der Waals surface area (Å²) in [6.07, 6.45) is 1.60. The Morgan fingerprint density at radius 1 is 1.36 bits per heavy atom. The van der Waals surface area contributed by atoms with Crippen LogP contribution in [-0.4, -0.2) is 35.8 Å². The molecule has 1 aromatic heterocycles. The maximum atomic E-state index is 12.2. The minimum absolute atomic E-state index is 0.0695. The largest absolute Gasteiger partial charge is 0.467 e. The third kappa shape index (κ3) is 5.13. The number of furan rings is 1. The van der Waals surface area contributed by atoms with Gasteiger partial charge < -0.3 is 19.4 Å². The summed E-state index contributed by atoms with van der Waals surface area (Å²) in [5, 5.41) is 3.33. The summed E-state index contributed by atoms with van der Waals surface area (Å²) in [5.74, 6) is -1.05. The highest BCUT2D eigenvalue weighted by Crippen LogP contribution is 2.22. The zero-order valence-corrected chi connectivity index (χ0v) is 16.1. The van der Waals surface area contributed by atoms with Crippen LogP contribution < -0.4 is 5.32 Å². The van der Waals surface area contributed by atoms with Crippen molar-refractivity contribution >= 4 is 29.4 Å². The molecule has 1 aromatic carbocycles. The van der Waals surface area contributed by atoms with E-state index >= 15 is 0 Å². The molecule has 7 nitrogen and oxygen atoms in total. The number of nitrogens with zero attached hydrogens (tertiary/aromatic N) is 1. The molecule has 2 atom stereocenters. The lowest BCUT2D eigenvalue weighted by Crippen LogP contribution is -2.32. The van der Waals surface area contributed by atoms with Crippen molar-refractivity contribution < 1.29 is 23.5 Å². The van der Waals surface area contributed by atoms with Gasteiger partial charge in [0.2, 0.25) is 5.91 Å². The zero-order chi connectivity index (χ0) is 20.1. The van der Waals surface area contributed by atoms with E-state index in [0.29, 0.717) is 17.3 Å². The summed E-state index contributed by atoms with van der Waals surface area (Å²) < 4.78 is 10.3. The Bertz CT molecular complexity index is 852. The number of hydrogen-bond acceptors (Lipinski definition) is 5. The highest BCUT2D eigenvalue weighted by atomic mass is 35.5. The predicted molar refractivity (Wildman–Crippen MR) is 101 cm³/mol. The second kappa shape index (κ2) is 8.93.